The number of nitrogens with zero attached hydrogens (tertiary/aromatic N) is 2. The molecule has 2 aliphatic rings. The molecule has 2 aromatic heterocycles. The van der Waals surface area contributed by atoms with E-state index in [-0.39, 0.29) is 12.1 Å². The van der Waals surface area contributed by atoms with Crippen molar-refractivity contribution in [2.24, 2.45) is 5.92 Å². The number of carbonyl (C=O) groups is 1. The van der Waals surface area contributed by atoms with Gasteiger partial charge < -0.3 is 19.5 Å². The molecule has 2 amide bonds. The van der Waals surface area contributed by atoms with Crippen LogP contribution in [0.15, 0.2) is 42.6 Å². The van der Waals surface area contributed by atoms with E-state index in [4.69, 9.17) is 4.74 Å². The first-order chi connectivity index (χ1) is 16.1. The summed E-state index contributed by atoms with van der Waals surface area (Å²) in [5, 5.41) is 4.50. The summed E-state index contributed by atoms with van der Waals surface area (Å²) >= 11 is 1.92. The lowest BCUT2D eigenvalue weighted by Gasteiger charge is -2.31. The molecule has 1 aliphatic carbocycles. The second-order valence-electron chi connectivity index (χ2n) is 9.52. The average Bonchev–Trinajstić information content (AvgIpc) is 3.40. The summed E-state index contributed by atoms with van der Waals surface area (Å²) < 4.78 is 7.85. The first-order valence-corrected chi connectivity index (χ1v) is 12.9. The summed E-state index contributed by atoms with van der Waals surface area (Å²) in [4.78, 5) is 17.2. The fourth-order valence-electron chi connectivity index (χ4n) is 5.12. The largest absolute Gasteiger partial charge is 0.497 e. The molecule has 3 heterocycles. The fraction of sp³-hybridized carbons (Fsp3) is 0.444. The van der Waals surface area contributed by atoms with E-state index in [0.717, 1.165) is 36.3 Å². The number of hydrogen-bond acceptors (Lipinski definition) is 3. The number of hydrogen-bond donors (Lipinski definition) is 1. The minimum atomic E-state index is -0.187. The van der Waals surface area contributed by atoms with Gasteiger partial charge in [-0.2, -0.15) is 0 Å². The predicted molar refractivity (Wildman–Crippen MR) is 134 cm³/mol. The zero-order valence-corrected chi connectivity index (χ0v) is 20.6. The molecule has 0 saturated carbocycles. The van der Waals surface area contributed by atoms with Crippen LogP contribution in [0.2, 0.25) is 0 Å². The molecule has 1 N–H and O–H groups in total. The van der Waals surface area contributed by atoms with Gasteiger partial charge in [0, 0.05) is 23.2 Å². The second kappa shape index (κ2) is 9.26. The molecule has 0 bridgehead atoms. The third-order valence-electron chi connectivity index (χ3n) is 6.85. The van der Waals surface area contributed by atoms with E-state index in [9.17, 15) is 4.79 Å². The Hall–Kier alpha value is -2.73. The number of fused-ring (bicyclic) bond motifs is 5. The number of urea groups is 1. The zero-order chi connectivity index (χ0) is 22.9. The molecule has 0 spiro atoms. The van der Waals surface area contributed by atoms with Gasteiger partial charge in [-0.3, -0.25) is 0 Å². The normalized spacial score (nSPS) is 17.2. The van der Waals surface area contributed by atoms with Crippen molar-refractivity contribution in [3.05, 3.63) is 69.9 Å². The molecule has 1 aromatic carbocycles. The quantitative estimate of drug-likeness (QED) is 0.498. The van der Waals surface area contributed by atoms with Gasteiger partial charge in [0.25, 0.3) is 0 Å². The predicted octanol–water partition coefficient (Wildman–Crippen LogP) is 6.09. The Bertz CT molecular complexity index is 1150. The Kier molecular flexibility index (Phi) is 6.19. The van der Waals surface area contributed by atoms with Gasteiger partial charge in [-0.05, 0) is 73.4 Å². The number of methoxy groups -OCH3 is 1. The van der Waals surface area contributed by atoms with Crippen molar-refractivity contribution < 1.29 is 9.53 Å². The topological polar surface area (TPSA) is 46.5 Å². The molecule has 1 atom stereocenters. The molecule has 0 saturated heterocycles. The monoisotopic (exact) mass is 463 g/mol. The molecular weight excluding hydrogens is 430 g/mol. The van der Waals surface area contributed by atoms with Gasteiger partial charge in [-0.15, -0.1) is 11.3 Å². The maximum absolute atomic E-state index is 13.7. The van der Waals surface area contributed by atoms with E-state index in [2.05, 4.69) is 54.2 Å². The number of thiophene rings is 1. The third kappa shape index (κ3) is 4.17. The average molecular weight is 464 g/mol. The van der Waals surface area contributed by atoms with Gasteiger partial charge in [0.05, 0.1) is 25.4 Å². The summed E-state index contributed by atoms with van der Waals surface area (Å²) in [6.07, 6.45) is 7.89. The van der Waals surface area contributed by atoms with Crippen LogP contribution in [0, 0.1) is 5.92 Å². The number of benzene rings is 1. The highest BCUT2D eigenvalue weighted by Crippen LogP contribution is 2.44. The van der Waals surface area contributed by atoms with E-state index in [0.29, 0.717) is 19.0 Å². The van der Waals surface area contributed by atoms with Crippen molar-refractivity contribution in [3.63, 3.8) is 0 Å². The molecule has 0 fully saturated rings. The van der Waals surface area contributed by atoms with E-state index in [1.807, 2.05) is 28.4 Å². The SMILES string of the molecule is COc1cccc([C@@H]2c3cccn3-c3sc4c(c3CN2C(=O)NCCC(C)C)CCCC4)c1. The molecule has 1 aliphatic heterocycles. The summed E-state index contributed by atoms with van der Waals surface area (Å²) in [6.45, 7) is 5.69. The summed E-state index contributed by atoms with van der Waals surface area (Å²) in [5.74, 6) is 1.36. The Labute approximate surface area is 200 Å². The van der Waals surface area contributed by atoms with Gasteiger partial charge in [0.15, 0.2) is 0 Å². The fourth-order valence-corrected chi connectivity index (χ4v) is 6.52. The molecule has 0 radical (unpaired) electrons. The van der Waals surface area contributed by atoms with Crippen molar-refractivity contribution >= 4 is 17.4 Å². The van der Waals surface area contributed by atoms with Crippen LogP contribution in [-0.2, 0) is 19.4 Å². The van der Waals surface area contributed by atoms with Gasteiger partial charge >= 0.3 is 6.03 Å². The maximum atomic E-state index is 13.7. The van der Waals surface area contributed by atoms with Crippen molar-refractivity contribution in [3.8, 4) is 10.8 Å². The maximum Gasteiger partial charge on any atom is 0.318 e. The standard InChI is InChI=1S/C27H33N3O2S/c1-18(2)13-14-28-27(31)30-17-22-21-10-4-5-12-24(21)33-26(22)29-15-7-11-23(29)25(30)19-8-6-9-20(16-19)32-3/h6-9,11,15-16,18,25H,4-5,10,12-14,17H2,1-3H3,(H,28,31)/t25-/m1/s1. The van der Waals surface area contributed by atoms with Crippen LogP contribution in [0.3, 0.4) is 0 Å². The Balaban J connectivity index is 1.62. The van der Waals surface area contributed by atoms with Crippen LogP contribution in [0.25, 0.3) is 5.00 Å². The second-order valence-corrected chi connectivity index (χ2v) is 10.6. The summed E-state index contributed by atoms with van der Waals surface area (Å²) in [5.41, 5.74) is 5.00. The highest BCUT2D eigenvalue weighted by atomic mass is 32.1. The van der Waals surface area contributed by atoms with E-state index < -0.39 is 0 Å². The molecule has 3 aromatic rings. The van der Waals surface area contributed by atoms with Crippen molar-refractivity contribution in [2.45, 2.75) is 58.5 Å². The van der Waals surface area contributed by atoms with Crippen LogP contribution < -0.4 is 10.1 Å². The van der Waals surface area contributed by atoms with E-state index in [1.54, 1.807) is 7.11 Å². The molecule has 6 heteroatoms. The number of ether oxygens (including phenoxy) is 1. The van der Waals surface area contributed by atoms with Gasteiger partial charge in [-0.1, -0.05) is 26.0 Å². The van der Waals surface area contributed by atoms with Gasteiger partial charge in [0.2, 0.25) is 0 Å². The van der Waals surface area contributed by atoms with E-state index >= 15 is 0 Å². The lowest BCUT2D eigenvalue weighted by Crippen LogP contribution is -2.42. The molecule has 0 unspecified atom stereocenters. The van der Waals surface area contributed by atoms with Crippen LogP contribution in [-0.4, -0.2) is 29.2 Å². The Morgan fingerprint density at radius 1 is 1.18 bits per heavy atom. The van der Waals surface area contributed by atoms with Crippen molar-refractivity contribution in [1.82, 2.24) is 14.8 Å². The molecule has 33 heavy (non-hydrogen) atoms. The smallest absolute Gasteiger partial charge is 0.318 e. The van der Waals surface area contributed by atoms with Crippen molar-refractivity contribution in [2.75, 3.05) is 13.7 Å². The highest BCUT2D eigenvalue weighted by Gasteiger charge is 2.36. The Morgan fingerprint density at radius 2 is 2.03 bits per heavy atom. The van der Waals surface area contributed by atoms with Gasteiger partial charge in [-0.25, -0.2) is 4.79 Å². The number of carbonyl (C=O) groups excluding carboxylic acids is 1. The highest BCUT2D eigenvalue weighted by molar-refractivity contribution is 7.15. The molecule has 5 nitrogen and oxygen atoms in total. The van der Waals surface area contributed by atoms with Gasteiger partial charge in [0.1, 0.15) is 10.8 Å². The summed E-state index contributed by atoms with van der Waals surface area (Å²) in [6, 6.07) is 12.2. The van der Waals surface area contributed by atoms with Crippen LogP contribution in [0.4, 0.5) is 4.79 Å². The number of rotatable bonds is 5. The lowest BCUT2D eigenvalue weighted by atomic mass is 9.95. The molecule has 5 rings (SSSR count). The first kappa shape index (κ1) is 22.1. The third-order valence-corrected chi connectivity index (χ3v) is 8.18. The van der Waals surface area contributed by atoms with Crippen molar-refractivity contribution in [1.29, 1.82) is 0 Å². The number of amides is 2. The van der Waals surface area contributed by atoms with Crippen LogP contribution in [0.1, 0.15) is 66.4 Å². The molecular formula is C27H33N3O2S. The van der Waals surface area contributed by atoms with Crippen LogP contribution in [0.5, 0.6) is 5.75 Å². The number of nitrogens with one attached hydrogen (secondary N) is 1. The Morgan fingerprint density at radius 3 is 2.85 bits per heavy atom. The number of aryl methyl sites for hydroxylation is 1. The lowest BCUT2D eigenvalue weighted by molar-refractivity contribution is 0.180. The van der Waals surface area contributed by atoms with E-state index in [1.165, 1.54) is 33.8 Å². The first-order valence-electron chi connectivity index (χ1n) is 12.1. The van der Waals surface area contributed by atoms with Crippen LogP contribution >= 0.6 is 11.3 Å². The minimum absolute atomic E-state index is 0.000158. The zero-order valence-electron chi connectivity index (χ0n) is 19.8. The molecule has 174 valence electrons. The summed E-state index contributed by atoms with van der Waals surface area (Å²) in [7, 11) is 1.69. The minimum Gasteiger partial charge on any atom is -0.497 e. The number of aromatic nitrogens is 1.